The molecule has 0 bridgehead atoms. The molecule has 29 heavy (non-hydrogen) atoms. The number of thiocarbonyl (C=S) groups is 1. The molecule has 1 aliphatic heterocycles. The van der Waals surface area contributed by atoms with Gasteiger partial charge in [0.2, 0.25) is 0 Å². The summed E-state index contributed by atoms with van der Waals surface area (Å²) in [4.78, 5) is 26.7. The van der Waals surface area contributed by atoms with E-state index in [1.54, 1.807) is 49.6 Å². The van der Waals surface area contributed by atoms with Gasteiger partial charge in [-0.1, -0.05) is 37.6 Å². The Kier molecular flexibility index (Phi) is 6.61. The molecule has 0 saturated carbocycles. The van der Waals surface area contributed by atoms with Crippen molar-refractivity contribution in [1.29, 1.82) is 0 Å². The average Bonchev–Trinajstić information content (AvgIpc) is 2.72. The van der Waals surface area contributed by atoms with Gasteiger partial charge in [-0.05, 0) is 54.5 Å². The number of rotatable bonds is 7. The third-order valence-corrected chi connectivity index (χ3v) is 4.65. The Morgan fingerprint density at radius 3 is 2.55 bits per heavy atom. The second-order valence-electron chi connectivity index (χ2n) is 6.41. The molecule has 2 aromatic carbocycles. The fourth-order valence-electron chi connectivity index (χ4n) is 2.86. The lowest BCUT2D eigenvalue weighted by atomic mass is 10.1. The lowest BCUT2D eigenvalue weighted by Crippen LogP contribution is -2.54. The second-order valence-corrected chi connectivity index (χ2v) is 6.79. The van der Waals surface area contributed by atoms with Crippen LogP contribution < -0.4 is 19.7 Å². The van der Waals surface area contributed by atoms with E-state index >= 15 is 0 Å². The first-order chi connectivity index (χ1) is 14.0. The molecule has 2 amide bonds. The normalized spacial score (nSPS) is 15.4. The van der Waals surface area contributed by atoms with Crippen LogP contribution in [0, 0.1) is 0 Å². The van der Waals surface area contributed by atoms with E-state index in [-0.39, 0.29) is 10.7 Å². The molecule has 0 spiro atoms. The van der Waals surface area contributed by atoms with Crippen molar-refractivity contribution in [1.82, 2.24) is 5.32 Å². The standard InChI is InChI=1S/C22H22N2O4S/c1-3-4-12-28-18-11-10-15(14-19(18)27-2)13-17-20(25)23-22(29)24(21(17)26)16-8-6-5-7-9-16/h5-11,13-14H,3-4,12H2,1-2H3,(H,23,25,29). The highest BCUT2D eigenvalue weighted by Gasteiger charge is 2.34. The number of benzene rings is 2. The SMILES string of the molecule is CCCCOc1ccc(C=C2C(=O)NC(=S)N(c3ccccc3)C2=O)cc1OC. The maximum absolute atomic E-state index is 13.0. The zero-order valence-electron chi connectivity index (χ0n) is 16.3. The van der Waals surface area contributed by atoms with Crippen LogP contribution in [-0.4, -0.2) is 30.6 Å². The van der Waals surface area contributed by atoms with Crippen molar-refractivity contribution >= 4 is 40.9 Å². The van der Waals surface area contributed by atoms with Crippen molar-refractivity contribution in [3.63, 3.8) is 0 Å². The van der Waals surface area contributed by atoms with Crippen LogP contribution in [0.3, 0.4) is 0 Å². The number of methoxy groups -OCH3 is 1. The van der Waals surface area contributed by atoms with Gasteiger partial charge in [-0.3, -0.25) is 19.8 Å². The molecule has 1 saturated heterocycles. The van der Waals surface area contributed by atoms with Gasteiger partial charge in [0.25, 0.3) is 11.8 Å². The molecule has 7 heteroatoms. The van der Waals surface area contributed by atoms with Crippen LogP contribution in [0.15, 0.2) is 54.1 Å². The number of carbonyl (C=O) groups excluding carboxylic acids is 2. The Hall–Kier alpha value is -3.19. The summed E-state index contributed by atoms with van der Waals surface area (Å²) in [6, 6.07) is 14.2. The number of anilines is 1. The van der Waals surface area contributed by atoms with Crippen LogP contribution in [0.4, 0.5) is 5.69 Å². The van der Waals surface area contributed by atoms with Crippen molar-refractivity contribution < 1.29 is 19.1 Å². The van der Waals surface area contributed by atoms with E-state index in [1.807, 2.05) is 6.07 Å². The number of nitrogens with zero attached hydrogens (tertiary/aromatic N) is 1. The molecule has 1 aliphatic rings. The van der Waals surface area contributed by atoms with Crippen LogP contribution >= 0.6 is 12.2 Å². The molecule has 3 rings (SSSR count). The van der Waals surface area contributed by atoms with E-state index in [2.05, 4.69) is 12.2 Å². The van der Waals surface area contributed by atoms with Crippen LogP contribution in [0.25, 0.3) is 6.08 Å². The number of hydrogen-bond donors (Lipinski definition) is 1. The van der Waals surface area contributed by atoms with Gasteiger partial charge in [-0.2, -0.15) is 0 Å². The number of ether oxygens (including phenoxy) is 2. The van der Waals surface area contributed by atoms with E-state index < -0.39 is 11.8 Å². The minimum absolute atomic E-state index is 0.0100. The van der Waals surface area contributed by atoms with Gasteiger partial charge in [0.05, 0.1) is 19.4 Å². The number of hydrogen-bond acceptors (Lipinski definition) is 5. The molecular weight excluding hydrogens is 388 g/mol. The Morgan fingerprint density at radius 2 is 1.86 bits per heavy atom. The fraction of sp³-hybridized carbons (Fsp3) is 0.227. The molecule has 2 aromatic rings. The Labute approximate surface area is 175 Å². The molecule has 0 aromatic heterocycles. The summed E-state index contributed by atoms with van der Waals surface area (Å²) >= 11 is 5.20. The van der Waals surface area contributed by atoms with Crippen molar-refractivity contribution in [2.45, 2.75) is 19.8 Å². The van der Waals surface area contributed by atoms with Gasteiger partial charge in [-0.15, -0.1) is 0 Å². The van der Waals surface area contributed by atoms with Gasteiger partial charge < -0.3 is 9.47 Å². The fourth-order valence-corrected chi connectivity index (χ4v) is 3.14. The van der Waals surface area contributed by atoms with Crippen molar-refractivity contribution in [2.75, 3.05) is 18.6 Å². The third-order valence-electron chi connectivity index (χ3n) is 4.37. The zero-order chi connectivity index (χ0) is 20.8. The van der Waals surface area contributed by atoms with E-state index in [0.717, 1.165) is 12.8 Å². The molecule has 0 radical (unpaired) electrons. The Balaban J connectivity index is 1.91. The van der Waals surface area contributed by atoms with E-state index in [4.69, 9.17) is 21.7 Å². The molecule has 0 atom stereocenters. The summed E-state index contributed by atoms with van der Waals surface area (Å²) < 4.78 is 11.1. The van der Waals surface area contributed by atoms with Crippen molar-refractivity contribution in [2.24, 2.45) is 0 Å². The molecular formula is C22H22N2O4S. The predicted molar refractivity (Wildman–Crippen MR) is 116 cm³/mol. The third kappa shape index (κ3) is 4.63. The van der Waals surface area contributed by atoms with Gasteiger partial charge in [-0.25, -0.2) is 0 Å². The van der Waals surface area contributed by atoms with Gasteiger partial charge in [0.15, 0.2) is 16.6 Å². The summed E-state index contributed by atoms with van der Waals surface area (Å²) in [7, 11) is 1.55. The number of para-hydroxylation sites is 1. The first kappa shape index (κ1) is 20.5. The smallest absolute Gasteiger partial charge is 0.270 e. The van der Waals surface area contributed by atoms with Crippen molar-refractivity contribution in [3.8, 4) is 11.5 Å². The number of nitrogens with one attached hydrogen (secondary N) is 1. The summed E-state index contributed by atoms with van der Waals surface area (Å²) in [6.45, 7) is 2.68. The van der Waals surface area contributed by atoms with Crippen LogP contribution in [0.1, 0.15) is 25.3 Å². The quantitative estimate of drug-likeness (QED) is 0.326. The monoisotopic (exact) mass is 410 g/mol. The van der Waals surface area contributed by atoms with Crippen molar-refractivity contribution in [3.05, 3.63) is 59.7 Å². The number of carbonyl (C=O) groups is 2. The molecule has 0 unspecified atom stereocenters. The highest BCUT2D eigenvalue weighted by atomic mass is 32.1. The second kappa shape index (κ2) is 9.34. The van der Waals surface area contributed by atoms with Gasteiger partial charge in [0.1, 0.15) is 5.57 Å². The Morgan fingerprint density at radius 1 is 1.10 bits per heavy atom. The van der Waals surface area contributed by atoms with Gasteiger partial charge >= 0.3 is 0 Å². The lowest BCUT2D eigenvalue weighted by Gasteiger charge is -2.28. The molecule has 1 heterocycles. The first-order valence-corrected chi connectivity index (χ1v) is 9.73. The molecule has 0 aliphatic carbocycles. The molecule has 1 N–H and O–H groups in total. The minimum Gasteiger partial charge on any atom is -0.493 e. The topological polar surface area (TPSA) is 67.9 Å². The summed E-state index contributed by atoms with van der Waals surface area (Å²) in [5, 5.41) is 2.63. The van der Waals surface area contributed by atoms with E-state index in [1.165, 1.54) is 11.0 Å². The predicted octanol–water partition coefficient (Wildman–Crippen LogP) is 3.71. The largest absolute Gasteiger partial charge is 0.493 e. The van der Waals surface area contributed by atoms with E-state index in [9.17, 15) is 9.59 Å². The van der Waals surface area contributed by atoms with Gasteiger partial charge in [0, 0.05) is 0 Å². The molecule has 6 nitrogen and oxygen atoms in total. The summed E-state index contributed by atoms with van der Waals surface area (Å²) in [5.41, 5.74) is 1.22. The maximum atomic E-state index is 13.0. The summed E-state index contributed by atoms with van der Waals surface area (Å²) in [6.07, 6.45) is 3.50. The zero-order valence-corrected chi connectivity index (χ0v) is 17.1. The molecule has 1 fully saturated rings. The highest BCUT2D eigenvalue weighted by Crippen LogP contribution is 2.30. The minimum atomic E-state index is -0.533. The lowest BCUT2D eigenvalue weighted by molar-refractivity contribution is -0.122. The molecule has 150 valence electrons. The van der Waals surface area contributed by atoms with Crippen LogP contribution in [0.2, 0.25) is 0 Å². The maximum Gasteiger partial charge on any atom is 0.270 e. The van der Waals surface area contributed by atoms with Crippen LogP contribution in [-0.2, 0) is 9.59 Å². The summed E-state index contributed by atoms with van der Waals surface area (Å²) in [5.74, 6) is 0.144. The average molecular weight is 410 g/mol. The first-order valence-electron chi connectivity index (χ1n) is 9.32. The van der Waals surface area contributed by atoms with E-state index in [0.29, 0.717) is 29.4 Å². The Bertz CT molecular complexity index is 957. The number of unbranched alkanes of at least 4 members (excludes halogenated alkanes) is 1. The van der Waals surface area contributed by atoms with Crippen LogP contribution in [0.5, 0.6) is 11.5 Å². The number of amides is 2. The highest BCUT2D eigenvalue weighted by molar-refractivity contribution is 7.80.